The monoisotopic (exact) mass is 345 g/mol. The average molecular weight is 345 g/mol. The molecular formula is C17H19N3O5. The normalized spacial score (nSPS) is 18.0. The summed E-state index contributed by atoms with van der Waals surface area (Å²) in [6.45, 7) is -0.417. The number of nitro benzene ring substituents is 1. The van der Waals surface area contributed by atoms with Crippen LogP contribution in [-0.2, 0) is 4.79 Å². The molecule has 2 aliphatic rings. The summed E-state index contributed by atoms with van der Waals surface area (Å²) in [6, 6.07) is 3.96. The highest BCUT2D eigenvalue weighted by Crippen LogP contribution is 2.30. The van der Waals surface area contributed by atoms with Gasteiger partial charge in [0.25, 0.3) is 17.5 Å². The quantitative estimate of drug-likeness (QED) is 0.388. The molecule has 1 N–H and O–H groups in total. The van der Waals surface area contributed by atoms with Gasteiger partial charge in [-0.3, -0.25) is 29.4 Å². The molecule has 0 unspecified atom stereocenters. The first-order valence-corrected chi connectivity index (χ1v) is 8.42. The lowest BCUT2D eigenvalue weighted by Gasteiger charge is -2.19. The number of nitro groups is 1. The van der Waals surface area contributed by atoms with E-state index in [1.807, 2.05) is 0 Å². The standard InChI is InChI=1S/C17H19N3O5/c21-14(18-11-6-3-1-2-4-7-11)10-19-16(22)12-8-5-9-13(20(24)25)15(12)17(19)23/h5,8-9,11H,1-4,6-7,10H2,(H,18,21). The predicted molar refractivity (Wildman–Crippen MR) is 88.1 cm³/mol. The summed E-state index contributed by atoms with van der Waals surface area (Å²) in [7, 11) is 0. The minimum Gasteiger partial charge on any atom is -0.352 e. The van der Waals surface area contributed by atoms with Crippen molar-refractivity contribution in [2.24, 2.45) is 0 Å². The van der Waals surface area contributed by atoms with E-state index in [1.165, 1.54) is 18.2 Å². The molecule has 1 aliphatic heterocycles. The van der Waals surface area contributed by atoms with Crippen molar-refractivity contribution in [2.45, 2.75) is 44.6 Å². The van der Waals surface area contributed by atoms with Crippen LogP contribution in [0.25, 0.3) is 0 Å². The van der Waals surface area contributed by atoms with Crippen LogP contribution in [-0.4, -0.2) is 40.1 Å². The number of amides is 3. The summed E-state index contributed by atoms with van der Waals surface area (Å²) in [4.78, 5) is 48.2. The average Bonchev–Trinajstić information content (AvgIpc) is 2.77. The molecule has 0 atom stereocenters. The van der Waals surface area contributed by atoms with Crippen LogP contribution in [0.15, 0.2) is 18.2 Å². The summed E-state index contributed by atoms with van der Waals surface area (Å²) in [5, 5.41) is 14.0. The maximum absolute atomic E-state index is 12.4. The van der Waals surface area contributed by atoms with Gasteiger partial charge in [0.15, 0.2) is 0 Å². The van der Waals surface area contributed by atoms with Gasteiger partial charge in [-0.2, -0.15) is 0 Å². The fourth-order valence-corrected chi connectivity index (χ4v) is 3.45. The smallest absolute Gasteiger partial charge is 0.282 e. The van der Waals surface area contributed by atoms with Crippen molar-refractivity contribution in [3.63, 3.8) is 0 Å². The van der Waals surface area contributed by atoms with Crippen LogP contribution in [0.5, 0.6) is 0 Å². The molecule has 3 rings (SSSR count). The highest BCUT2D eigenvalue weighted by atomic mass is 16.6. The highest BCUT2D eigenvalue weighted by Gasteiger charge is 2.41. The van der Waals surface area contributed by atoms with Gasteiger partial charge in [0, 0.05) is 12.1 Å². The Kier molecular flexibility index (Phi) is 4.78. The summed E-state index contributed by atoms with van der Waals surface area (Å²) >= 11 is 0. The Morgan fingerprint density at radius 2 is 1.84 bits per heavy atom. The maximum Gasteiger partial charge on any atom is 0.282 e. The summed E-state index contributed by atoms with van der Waals surface area (Å²) in [5.74, 6) is -1.87. The second-order valence-electron chi connectivity index (χ2n) is 6.41. The number of carbonyl (C=O) groups is 3. The molecule has 1 aromatic rings. The van der Waals surface area contributed by atoms with Gasteiger partial charge in [-0.25, -0.2) is 0 Å². The second-order valence-corrected chi connectivity index (χ2v) is 6.41. The van der Waals surface area contributed by atoms with Crippen molar-refractivity contribution in [1.82, 2.24) is 10.2 Å². The van der Waals surface area contributed by atoms with Crippen LogP contribution in [0.3, 0.4) is 0 Å². The van der Waals surface area contributed by atoms with Gasteiger partial charge in [0.1, 0.15) is 12.1 Å². The van der Waals surface area contributed by atoms with Crippen molar-refractivity contribution < 1.29 is 19.3 Å². The first-order chi connectivity index (χ1) is 12.0. The van der Waals surface area contributed by atoms with Crippen LogP contribution < -0.4 is 5.32 Å². The molecule has 0 aromatic heterocycles. The van der Waals surface area contributed by atoms with Crippen LogP contribution in [0.2, 0.25) is 0 Å². The first-order valence-electron chi connectivity index (χ1n) is 8.42. The third-order valence-corrected chi connectivity index (χ3v) is 4.70. The Hall–Kier alpha value is -2.77. The van der Waals surface area contributed by atoms with Gasteiger partial charge in [0.05, 0.1) is 10.5 Å². The molecule has 0 radical (unpaired) electrons. The van der Waals surface area contributed by atoms with Crippen LogP contribution in [0.4, 0.5) is 5.69 Å². The molecular weight excluding hydrogens is 326 g/mol. The molecule has 1 fully saturated rings. The molecule has 0 bridgehead atoms. The van der Waals surface area contributed by atoms with Crippen LogP contribution >= 0.6 is 0 Å². The molecule has 25 heavy (non-hydrogen) atoms. The molecule has 1 saturated carbocycles. The molecule has 1 heterocycles. The Bertz CT molecular complexity index is 738. The third kappa shape index (κ3) is 3.38. The molecule has 1 aromatic carbocycles. The first kappa shape index (κ1) is 17.1. The van der Waals surface area contributed by atoms with E-state index in [4.69, 9.17) is 0 Å². The lowest BCUT2D eigenvalue weighted by molar-refractivity contribution is -0.385. The van der Waals surface area contributed by atoms with Crippen molar-refractivity contribution in [3.8, 4) is 0 Å². The van der Waals surface area contributed by atoms with Crippen molar-refractivity contribution in [1.29, 1.82) is 0 Å². The van der Waals surface area contributed by atoms with Gasteiger partial charge in [0.2, 0.25) is 5.91 Å². The summed E-state index contributed by atoms with van der Waals surface area (Å²) in [5.41, 5.74) is -0.677. The van der Waals surface area contributed by atoms with Crippen LogP contribution in [0, 0.1) is 10.1 Å². The molecule has 8 nitrogen and oxygen atoms in total. The number of nitrogens with zero attached hydrogens (tertiary/aromatic N) is 2. The number of rotatable bonds is 4. The van der Waals surface area contributed by atoms with Crippen molar-refractivity contribution in [2.75, 3.05) is 6.54 Å². The summed E-state index contributed by atoms with van der Waals surface area (Å²) < 4.78 is 0. The topological polar surface area (TPSA) is 110 Å². The van der Waals surface area contributed by atoms with E-state index >= 15 is 0 Å². The van der Waals surface area contributed by atoms with E-state index in [1.54, 1.807) is 0 Å². The largest absolute Gasteiger partial charge is 0.352 e. The Labute approximate surface area is 144 Å². The molecule has 0 saturated heterocycles. The Morgan fingerprint density at radius 1 is 1.16 bits per heavy atom. The predicted octanol–water partition coefficient (Wildman–Crippen LogP) is 2.03. The second kappa shape index (κ2) is 7.00. The zero-order chi connectivity index (χ0) is 18.0. The highest BCUT2D eigenvalue weighted by molar-refractivity contribution is 6.24. The number of hydrogen-bond acceptors (Lipinski definition) is 5. The fraction of sp³-hybridized carbons (Fsp3) is 0.471. The number of hydrogen-bond donors (Lipinski definition) is 1. The third-order valence-electron chi connectivity index (χ3n) is 4.70. The van der Waals surface area contributed by atoms with Gasteiger partial charge in [-0.15, -0.1) is 0 Å². The molecule has 0 spiro atoms. The SMILES string of the molecule is O=C(CN1C(=O)c2cccc([N+](=O)[O-])c2C1=O)NC1CCCCCC1. The molecule has 132 valence electrons. The van der Waals surface area contributed by atoms with Crippen LogP contribution in [0.1, 0.15) is 59.2 Å². The fourth-order valence-electron chi connectivity index (χ4n) is 3.45. The lowest BCUT2D eigenvalue weighted by Crippen LogP contribution is -2.44. The molecule has 8 heteroatoms. The zero-order valence-corrected chi connectivity index (χ0v) is 13.7. The molecule has 1 aliphatic carbocycles. The minimum atomic E-state index is -0.789. The number of benzene rings is 1. The number of carbonyl (C=O) groups excluding carboxylic acids is 3. The van der Waals surface area contributed by atoms with E-state index in [2.05, 4.69) is 5.32 Å². The lowest BCUT2D eigenvalue weighted by atomic mass is 10.1. The van der Waals surface area contributed by atoms with E-state index < -0.39 is 34.9 Å². The van der Waals surface area contributed by atoms with Gasteiger partial charge in [-0.1, -0.05) is 31.7 Å². The Balaban J connectivity index is 1.72. The number of nitrogens with one attached hydrogen (secondary N) is 1. The zero-order valence-electron chi connectivity index (χ0n) is 13.7. The number of imide groups is 1. The van der Waals surface area contributed by atoms with Gasteiger partial charge < -0.3 is 5.32 Å². The maximum atomic E-state index is 12.4. The van der Waals surface area contributed by atoms with E-state index in [0.717, 1.165) is 43.4 Å². The minimum absolute atomic E-state index is 0.0264. The van der Waals surface area contributed by atoms with Crippen molar-refractivity contribution >= 4 is 23.4 Å². The van der Waals surface area contributed by atoms with Crippen molar-refractivity contribution in [3.05, 3.63) is 39.4 Å². The van der Waals surface area contributed by atoms with Gasteiger partial charge in [-0.05, 0) is 18.9 Å². The van der Waals surface area contributed by atoms with E-state index in [9.17, 15) is 24.5 Å². The summed E-state index contributed by atoms with van der Waals surface area (Å²) in [6.07, 6.45) is 6.16. The number of fused-ring (bicyclic) bond motifs is 1. The molecule has 3 amide bonds. The van der Waals surface area contributed by atoms with E-state index in [-0.39, 0.29) is 17.2 Å². The van der Waals surface area contributed by atoms with Gasteiger partial charge >= 0.3 is 0 Å². The Morgan fingerprint density at radius 3 is 2.48 bits per heavy atom. The van der Waals surface area contributed by atoms with E-state index in [0.29, 0.717) is 0 Å².